The monoisotopic (exact) mass is 354 g/mol. The second-order valence-electron chi connectivity index (χ2n) is 6.39. The van der Waals surface area contributed by atoms with Gasteiger partial charge in [-0.05, 0) is 62.9 Å². The lowest BCUT2D eigenvalue weighted by molar-refractivity contribution is -0.132. The van der Waals surface area contributed by atoms with Crippen LogP contribution in [0.2, 0.25) is 0 Å². The smallest absolute Gasteiger partial charge is 0.222 e. The molecule has 0 bridgehead atoms. The minimum atomic E-state index is 0. The third-order valence-corrected chi connectivity index (χ3v) is 4.76. The summed E-state index contributed by atoms with van der Waals surface area (Å²) in [6.45, 7) is 2.06. The van der Waals surface area contributed by atoms with Crippen molar-refractivity contribution in [2.45, 2.75) is 51.0 Å². The van der Waals surface area contributed by atoms with E-state index in [4.69, 9.17) is 4.74 Å². The van der Waals surface area contributed by atoms with Crippen LogP contribution in [0.1, 0.15) is 44.1 Å². The van der Waals surface area contributed by atoms with Gasteiger partial charge in [-0.25, -0.2) is 0 Å². The summed E-state index contributed by atoms with van der Waals surface area (Å²) in [4.78, 5) is 14.2. The summed E-state index contributed by atoms with van der Waals surface area (Å²) in [5.41, 5.74) is 1.34. The molecule has 1 heterocycles. The van der Waals surface area contributed by atoms with Gasteiger partial charge in [0.1, 0.15) is 5.75 Å². The van der Waals surface area contributed by atoms with Crippen LogP contribution in [0.4, 0.5) is 0 Å². The second kappa shape index (κ2) is 11.3. The van der Waals surface area contributed by atoms with E-state index in [2.05, 4.69) is 17.4 Å². The lowest BCUT2D eigenvalue weighted by Crippen LogP contribution is -2.43. The number of nitrogens with zero attached hydrogens (tertiary/aromatic N) is 1. The Labute approximate surface area is 152 Å². The van der Waals surface area contributed by atoms with Crippen LogP contribution in [0.15, 0.2) is 24.3 Å². The van der Waals surface area contributed by atoms with Crippen molar-refractivity contribution in [2.24, 2.45) is 0 Å². The number of aryl methyl sites for hydroxylation is 1. The van der Waals surface area contributed by atoms with E-state index in [9.17, 15) is 4.79 Å². The quantitative estimate of drug-likeness (QED) is 0.727. The number of rotatable bonds is 8. The average molecular weight is 355 g/mol. The molecule has 0 saturated carbocycles. The molecule has 5 heteroatoms. The summed E-state index contributed by atoms with van der Waals surface area (Å²) in [5.74, 6) is 1.21. The van der Waals surface area contributed by atoms with Crippen LogP contribution in [0, 0.1) is 0 Å². The zero-order valence-corrected chi connectivity index (χ0v) is 15.7. The standard InChI is InChI=1S/C19H30N2O2.ClH/c1-21(17-12-14-20-15-13-17)19(22)7-5-3-4-6-16-8-10-18(23-2)11-9-16;/h8-11,17,20H,3-7,12-15H2,1-2H3;1H. The molecule has 0 spiro atoms. The highest BCUT2D eigenvalue weighted by Crippen LogP contribution is 2.15. The largest absolute Gasteiger partial charge is 0.497 e. The number of ether oxygens (including phenoxy) is 1. The van der Waals surface area contributed by atoms with E-state index in [-0.39, 0.29) is 12.4 Å². The topological polar surface area (TPSA) is 41.6 Å². The third-order valence-electron chi connectivity index (χ3n) is 4.76. The molecule has 1 saturated heterocycles. The molecule has 1 aliphatic rings. The van der Waals surface area contributed by atoms with Gasteiger partial charge < -0.3 is 15.0 Å². The van der Waals surface area contributed by atoms with Gasteiger partial charge >= 0.3 is 0 Å². The second-order valence-corrected chi connectivity index (χ2v) is 6.39. The van der Waals surface area contributed by atoms with E-state index in [0.29, 0.717) is 18.4 Å². The predicted octanol–water partition coefficient (Wildman–Crippen LogP) is 3.43. The number of hydrogen-bond donors (Lipinski definition) is 1. The maximum absolute atomic E-state index is 12.2. The van der Waals surface area contributed by atoms with Crippen molar-refractivity contribution in [2.75, 3.05) is 27.2 Å². The molecule has 136 valence electrons. The Balaban J connectivity index is 0.00000288. The Morgan fingerprint density at radius 1 is 1.17 bits per heavy atom. The molecule has 4 nitrogen and oxygen atoms in total. The summed E-state index contributed by atoms with van der Waals surface area (Å²) < 4.78 is 5.16. The van der Waals surface area contributed by atoms with Crippen molar-refractivity contribution in [3.05, 3.63) is 29.8 Å². The van der Waals surface area contributed by atoms with Gasteiger partial charge in [0, 0.05) is 19.5 Å². The molecule has 0 aromatic heterocycles. The first-order valence-electron chi connectivity index (χ1n) is 8.80. The fourth-order valence-corrected chi connectivity index (χ4v) is 3.15. The highest BCUT2D eigenvalue weighted by molar-refractivity contribution is 5.85. The molecule has 1 aromatic rings. The van der Waals surface area contributed by atoms with E-state index in [1.54, 1.807) is 7.11 Å². The molecule has 1 amide bonds. The first-order valence-corrected chi connectivity index (χ1v) is 8.80. The van der Waals surface area contributed by atoms with E-state index >= 15 is 0 Å². The van der Waals surface area contributed by atoms with Crippen LogP contribution < -0.4 is 10.1 Å². The van der Waals surface area contributed by atoms with Crippen molar-refractivity contribution in [1.29, 1.82) is 0 Å². The van der Waals surface area contributed by atoms with Gasteiger partial charge in [0.05, 0.1) is 7.11 Å². The maximum atomic E-state index is 12.2. The molecule has 1 aromatic carbocycles. The summed E-state index contributed by atoms with van der Waals surface area (Å²) >= 11 is 0. The number of halogens is 1. The lowest BCUT2D eigenvalue weighted by Gasteiger charge is -2.31. The number of nitrogens with one attached hydrogen (secondary N) is 1. The van der Waals surface area contributed by atoms with Crippen LogP contribution in [0.5, 0.6) is 5.75 Å². The number of benzene rings is 1. The van der Waals surface area contributed by atoms with Crippen molar-refractivity contribution in [3.8, 4) is 5.75 Å². The number of amides is 1. The summed E-state index contributed by atoms with van der Waals surface area (Å²) in [6.07, 6.45) is 7.16. The predicted molar refractivity (Wildman–Crippen MR) is 101 cm³/mol. The SMILES string of the molecule is COc1ccc(CCCCCC(=O)N(C)C2CCNCC2)cc1.Cl. The number of methoxy groups -OCH3 is 1. The van der Waals surface area contributed by atoms with Crippen molar-refractivity contribution in [1.82, 2.24) is 10.2 Å². The average Bonchev–Trinajstić information content (AvgIpc) is 2.62. The number of carbonyl (C=O) groups is 1. The van der Waals surface area contributed by atoms with Gasteiger partial charge in [0.15, 0.2) is 0 Å². The number of piperidine rings is 1. The molecule has 24 heavy (non-hydrogen) atoms. The summed E-state index contributed by atoms with van der Waals surface area (Å²) in [5, 5.41) is 3.35. The van der Waals surface area contributed by atoms with Gasteiger partial charge in [-0.3, -0.25) is 4.79 Å². The highest BCUT2D eigenvalue weighted by Gasteiger charge is 2.21. The molecule has 2 rings (SSSR count). The van der Waals surface area contributed by atoms with Crippen molar-refractivity contribution >= 4 is 18.3 Å². The zero-order valence-electron chi connectivity index (χ0n) is 14.9. The van der Waals surface area contributed by atoms with Crippen molar-refractivity contribution < 1.29 is 9.53 Å². The molecule has 0 atom stereocenters. The molecular weight excluding hydrogens is 324 g/mol. The minimum Gasteiger partial charge on any atom is -0.497 e. The van der Waals surface area contributed by atoms with E-state index in [1.165, 1.54) is 5.56 Å². The van der Waals surface area contributed by atoms with Gasteiger partial charge in [0.2, 0.25) is 5.91 Å². The molecule has 1 fully saturated rings. The van der Waals surface area contributed by atoms with E-state index in [0.717, 1.165) is 57.4 Å². The lowest BCUT2D eigenvalue weighted by atomic mass is 10.0. The maximum Gasteiger partial charge on any atom is 0.222 e. The first kappa shape index (κ1) is 20.8. The molecule has 1 N–H and O–H groups in total. The van der Waals surface area contributed by atoms with Gasteiger partial charge in [0.25, 0.3) is 0 Å². The van der Waals surface area contributed by atoms with Gasteiger partial charge in [-0.2, -0.15) is 0 Å². The molecular formula is C19H31ClN2O2. The summed E-state index contributed by atoms with van der Waals surface area (Å²) in [6, 6.07) is 8.69. The van der Waals surface area contributed by atoms with Crippen LogP contribution in [-0.4, -0.2) is 44.1 Å². The summed E-state index contributed by atoms with van der Waals surface area (Å²) in [7, 11) is 3.66. The normalized spacial score (nSPS) is 14.8. The van der Waals surface area contributed by atoms with Crippen LogP contribution in [0.25, 0.3) is 0 Å². The highest BCUT2D eigenvalue weighted by atomic mass is 35.5. The Hall–Kier alpha value is -1.26. The van der Waals surface area contributed by atoms with Crippen molar-refractivity contribution in [3.63, 3.8) is 0 Å². The molecule has 0 unspecified atom stereocenters. The van der Waals surface area contributed by atoms with E-state index < -0.39 is 0 Å². The third kappa shape index (κ3) is 6.70. The van der Waals surface area contributed by atoms with Crippen LogP contribution in [-0.2, 0) is 11.2 Å². The van der Waals surface area contributed by atoms with Crippen LogP contribution in [0.3, 0.4) is 0 Å². The minimum absolute atomic E-state index is 0. The Morgan fingerprint density at radius 2 is 1.83 bits per heavy atom. The zero-order chi connectivity index (χ0) is 16.5. The van der Waals surface area contributed by atoms with Gasteiger partial charge in [-0.15, -0.1) is 12.4 Å². The van der Waals surface area contributed by atoms with E-state index in [1.807, 2.05) is 24.1 Å². The number of unbranched alkanes of at least 4 members (excludes halogenated alkanes) is 2. The molecule has 0 aliphatic carbocycles. The number of carbonyl (C=O) groups excluding carboxylic acids is 1. The van der Waals surface area contributed by atoms with Gasteiger partial charge in [-0.1, -0.05) is 18.6 Å². The Kier molecular flexibility index (Phi) is 9.80. The molecule has 1 aliphatic heterocycles. The Morgan fingerprint density at radius 3 is 2.46 bits per heavy atom. The van der Waals surface area contributed by atoms with Crippen LogP contribution >= 0.6 is 12.4 Å². The fourth-order valence-electron chi connectivity index (χ4n) is 3.15. The number of hydrogen-bond acceptors (Lipinski definition) is 3. The fraction of sp³-hybridized carbons (Fsp3) is 0.632. The first-order chi connectivity index (χ1) is 11.2. The Bertz CT molecular complexity index is 473. The molecule has 0 radical (unpaired) electrons.